The Morgan fingerprint density at radius 1 is 1.40 bits per heavy atom. The number of hydrogen-bond acceptors (Lipinski definition) is 2. The minimum absolute atomic E-state index is 0.0456. The molecule has 0 radical (unpaired) electrons. The van der Waals surface area contributed by atoms with Crippen LogP contribution in [0, 0.1) is 0 Å². The number of rotatable bonds is 4. The summed E-state index contributed by atoms with van der Waals surface area (Å²) in [5.74, 6) is -1.01. The van der Waals surface area contributed by atoms with Crippen molar-refractivity contribution in [3.8, 4) is 0 Å². The normalized spacial score (nSPS) is 9.67. The van der Waals surface area contributed by atoms with Gasteiger partial charge in [-0.05, 0) is 17.7 Å². The van der Waals surface area contributed by atoms with E-state index >= 15 is 0 Å². The van der Waals surface area contributed by atoms with Crippen LogP contribution in [0.15, 0.2) is 24.3 Å². The van der Waals surface area contributed by atoms with Gasteiger partial charge < -0.3 is 10.4 Å². The first-order valence-corrected chi connectivity index (χ1v) is 4.72. The van der Waals surface area contributed by atoms with Crippen molar-refractivity contribution in [3.63, 3.8) is 0 Å². The molecule has 0 saturated heterocycles. The monoisotopic (exact) mass is 207 g/mol. The average Bonchev–Trinajstić information content (AvgIpc) is 2.26. The zero-order chi connectivity index (χ0) is 11.3. The fourth-order valence-electron chi connectivity index (χ4n) is 1.14. The van der Waals surface area contributed by atoms with Gasteiger partial charge in [-0.1, -0.05) is 19.1 Å². The molecule has 1 amide bonds. The molecular weight excluding hydrogens is 194 g/mol. The van der Waals surface area contributed by atoms with Crippen molar-refractivity contribution in [3.05, 3.63) is 35.4 Å². The summed E-state index contributed by atoms with van der Waals surface area (Å²) in [5, 5.41) is 11.4. The predicted molar refractivity (Wildman–Crippen MR) is 55.5 cm³/mol. The summed E-state index contributed by atoms with van der Waals surface area (Å²) in [6.07, 6.45) is 0.429. The highest BCUT2D eigenvalue weighted by Gasteiger charge is 2.03. The summed E-state index contributed by atoms with van der Waals surface area (Å²) in [6.45, 7) is 2.14. The molecule has 0 aliphatic heterocycles. The average molecular weight is 207 g/mol. The maximum Gasteiger partial charge on any atom is 0.335 e. The van der Waals surface area contributed by atoms with Crippen LogP contribution in [0.25, 0.3) is 0 Å². The van der Waals surface area contributed by atoms with Crippen molar-refractivity contribution in [1.29, 1.82) is 0 Å². The summed E-state index contributed by atoms with van der Waals surface area (Å²) < 4.78 is 0. The van der Waals surface area contributed by atoms with E-state index < -0.39 is 5.97 Å². The van der Waals surface area contributed by atoms with Crippen LogP contribution in [0.4, 0.5) is 0 Å². The lowest BCUT2D eigenvalue weighted by molar-refractivity contribution is -0.120. The van der Waals surface area contributed by atoms with E-state index in [1.54, 1.807) is 25.1 Å². The van der Waals surface area contributed by atoms with E-state index in [1.165, 1.54) is 6.07 Å². The number of aromatic carboxylic acids is 1. The predicted octanol–water partition coefficient (Wildman–Crippen LogP) is 1.41. The molecule has 15 heavy (non-hydrogen) atoms. The second-order valence-corrected chi connectivity index (χ2v) is 3.14. The molecule has 0 fully saturated rings. The largest absolute Gasteiger partial charge is 0.478 e. The molecule has 1 aromatic carbocycles. The Kier molecular flexibility index (Phi) is 3.85. The molecule has 0 aromatic heterocycles. The Balaban J connectivity index is 2.66. The van der Waals surface area contributed by atoms with Crippen LogP contribution in [0.5, 0.6) is 0 Å². The molecule has 0 atom stereocenters. The minimum Gasteiger partial charge on any atom is -0.478 e. The van der Waals surface area contributed by atoms with Gasteiger partial charge in [0.25, 0.3) is 0 Å². The van der Waals surface area contributed by atoms with Crippen LogP contribution in [0.2, 0.25) is 0 Å². The van der Waals surface area contributed by atoms with Crippen molar-refractivity contribution in [2.24, 2.45) is 0 Å². The Morgan fingerprint density at radius 2 is 2.13 bits per heavy atom. The minimum atomic E-state index is -0.960. The van der Waals surface area contributed by atoms with E-state index in [-0.39, 0.29) is 11.5 Å². The molecule has 2 N–H and O–H groups in total. The van der Waals surface area contributed by atoms with Gasteiger partial charge in [0.1, 0.15) is 0 Å². The molecule has 80 valence electrons. The topological polar surface area (TPSA) is 66.4 Å². The maximum atomic E-state index is 11.0. The molecule has 4 heteroatoms. The van der Waals surface area contributed by atoms with Gasteiger partial charge in [0.05, 0.1) is 5.56 Å². The molecule has 0 aliphatic rings. The number of carbonyl (C=O) groups is 2. The summed E-state index contributed by atoms with van der Waals surface area (Å²) >= 11 is 0. The van der Waals surface area contributed by atoms with Crippen LogP contribution in [0.3, 0.4) is 0 Å². The Bertz CT molecular complexity index is 374. The van der Waals surface area contributed by atoms with E-state index in [2.05, 4.69) is 5.32 Å². The number of carboxylic acids is 1. The molecule has 0 saturated carbocycles. The first-order valence-electron chi connectivity index (χ1n) is 4.72. The first kappa shape index (κ1) is 11.2. The highest BCUT2D eigenvalue weighted by molar-refractivity contribution is 5.87. The molecule has 0 bridgehead atoms. The first-order chi connectivity index (χ1) is 7.13. The third kappa shape index (κ3) is 3.42. The lowest BCUT2D eigenvalue weighted by Crippen LogP contribution is -2.21. The van der Waals surface area contributed by atoms with Crippen molar-refractivity contribution >= 4 is 11.9 Å². The molecule has 0 unspecified atom stereocenters. The van der Waals surface area contributed by atoms with Gasteiger partial charge in [-0.15, -0.1) is 0 Å². The van der Waals surface area contributed by atoms with Gasteiger partial charge in [-0.2, -0.15) is 0 Å². The van der Waals surface area contributed by atoms with Gasteiger partial charge in [0, 0.05) is 13.0 Å². The SMILES string of the molecule is CCC(=O)NCc1cccc(C(=O)O)c1. The molecule has 0 heterocycles. The van der Waals surface area contributed by atoms with Crippen LogP contribution in [0.1, 0.15) is 29.3 Å². The number of nitrogens with one attached hydrogen (secondary N) is 1. The lowest BCUT2D eigenvalue weighted by atomic mass is 10.1. The number of hydrogen-bond donors (Lipinski definition) is 2. The zero-order valence-electron chi connectivity index (χ0n) is 8.49. The number of amides is 1. The van der Waals surface area contributed by atoms with E-state index in [0.29, 0.717) is 13.0 Å². The number of carboxylic acid groups (broad SMARTS) is 1. The van der Waals surface area contributed by atoms with Crippen molar-refractivity contribution in [2.45, 2.75) is 19.9 Å². The van der Waals surface area contributed by atoms with Crippen molar-refractivity contribution < 1.29 is 14.7 Å². The molecule has 4 nitrogen and oxygen atoms in total. The third-order valence-corrected chi connectivity index (χ3v) is 1.98. The van der Waals surface area contributed by atoms with E-state index in [0.717, 1.165) is 5.56 Å². The summed E-state index contributed by atoms with van der Waals surface area (Å²) in [5.41, 5.74) is 1.02. The van der Waals surface area contributed by atoms with E-state index in [9.17, 15) is 9.59 Å². The molecule has 1 rings (SSSR count). The second kappa shape index (κ2) is 5.14. The van der Waals surface area contributed by atoms with E-state index in [4.69, 9.17) is 5.11 Å². The molecule has 1 aromatic rings. The third-order valence-electron chi connectivity index (χ3n) is 1.98. The van der Waals surface area contributed by atoms with E-state index in [1.807, 2.05) is 0 Å². The smallest absolute Gasteiger partial charge is 0.335 e. The second-order valence-electron chi connectivity index (χ2n) is 3.14. The zero-order valence-corrected chi connectivity index (χ0v) is 8.49. The lowest BCUT2D eigenvalue weighted by Gasteiger charge is -2.04. The van der Waals surface area contributed by atoms with Gasteiger partial charge >= 0.3 is 5.97 Å². The van der Waals surface area contributed by atoms with Gasteiger partial charge in [0.2, 0.25) is 5.91 Å². The molecule has 0 spiro atoms. The Hall–Kier alpha value is -1.84. The van der Waals surface area contributed by atoms with Gasteiger partial charge in [-0.3, -0.25) is 4.79 Å². The fraction of sp³-hybridized carbons (Fsp3) is 0.273. The highest BCUT2D eigenvalue weighted by Crippen LogP contribution is 2.04. The quantitative estimate of drug-likeness (QED) is 0.784. The Labute approximate surface area is 87.9 Å². The standard InChI is InChI=1S/C11H13NO3/c1-2-10(13)12-7-8-4-3-5-9(6-8)11(14)15/h3-6H,2,7H2,1H3,(H,12,13)(H,14,15). The van der Waals surface area contributed by atoms with Crippen LogP contribution in [-0.2, 0) is 11.3 Å². The number of benzene rings is 1. The van der Waals surface area contributed by atoms with Crippen LogP contribution >= 0.6 is 0 Å². The summed E-state index contributed by atoms with van der Waals surface area (Å²) in [4.78, 5) is 21.6. The highest BCUT2D eigenvalue weighted by atomic mass is 16.4. The summed E-state index contributed by atoms with van der Waals surface area (Å²) in [6, 6.07) is 6.52. The van der Waals surface area contributed by atoms with Gasteiger partial charge in [0.15, 0.2) is 0 Å². The van der Waals surface area contributed by atoms with Crippen LogP contribution < -0.4 is 5.32 Å². The Morgan fingerprint density at radius 3 is 2.73 bits per heavy atom. The molecular formula is C11H13NO3. The van der Waals surface area contributed by atoms with Crippen molar-refractivity contribution in [2.75, 3.05) is 0 Å². The van der Waals surface area contributed by atoms with Crippen LogP contribution in [-0.4, -0.2) is 17.0 Å². The van der Waals surface area contributed by atoms with Crippen molar-refractivity contribution in [1.82, 2.24) is 5.32 Å². The number of carbonyl (C=O) groups excluding carboxylic acids is 1. The van der Waals surface area contributed by atoms with Gasteiger partial charge in [-0.25, -0.2) is 4.79 Å². The summed E-state index contributed by atoms with van der Waals surface area (Å²) in [7, 11) is 0. The maximum absolute atomic E-state index is 11.0. The fourth-order valence-corrected chi connectivity index (χ4v) is 1.14. The molecule has 0 aliphatic carbocycles.